The van der Waals surface area contributed by atoms with Gasteiger partial charge in [-0.1, -0.05) is 34.8 Å². The van der Waals surface area contributed by atoms with Crippen molar-refractivity contribution < 1.29 is 4.79 Å². The minimum atomic E-state index is -0.515. The fraction of sp³-hybridized carbons (Fsp3) is 0. The van der Waals surface area contributed by atoms with Crippen LogP contribution in [0.1, 0.15) is 10.4 Å². The highest BCUT2D eigenvalue weighted by Gasteiger charge is 2.17. The lowest BCUT2D eigenvalue weighted by molar-refractivity contribution is 0.102. The SMILES string of the molecule is O=C(Nc1c(Cl)ccc2nsnc12)c1cc(Cl)nnc1Cl. The fourth-order valence-corrected chi connectivity index (χ4v) is 2.71. The van der Waals surface area contributed by atoms with Gasteiger partial charge in [0.2, 0.25) is 0 Å². The van der Waals surface area contributed by atoms with E-state index in [0.717, 1.165) is 11.7 Å². The molecule has 1 amide bonds. The van der Waals surface area contributed by atoms with Crippen molar-refractivity contribution >= 4 is 69.2 Å². The standard InChI is InChI=1S/C11H4Cl3N5OS/c12-5-1-2-6-9(19-21-18-6)8(5)15-11(20)4-3-7(13)16-17-10(4)14/h1-3H,(H,15,20). The molecule has 2 heterocycles. The second-order valence-corrected chi connectivity index (χ2v) is 5.56. The molecular formula is C11H4Cl3N5OS. The first-order valence-electron chi connectivity index (χ1n) is 5.47. The van der Waals surface area contributed by atoms with Crippen LogP contribution in [-0.2, 0) is 0 Å². The average molecular weight is 361 g/mol. The number of rotatable bonds is 2. The van der Waals surface area contributed by atoms with Gasteiger partial charge in [-0.05, 0) is 18.2 Å². The van der Waals surface area contributed by atoms with Crippen molar-refractivity contribution in [1.82, 2.24) is 18.9 Å². The Morgan fingerprint density at radius 3 is 2.76 bits per heavy atom. The number of fused-ring (bicyclic) bond motifs is 1. The monoisotopic (exact) mass is 359 g/mol. The van der Waals surface area contributed by atoms with Crippen LogP contribution in [0.15, 0.2) is 18.2 Å². The molecule has 0 aliphatic carbocycles. The molecule has 0 radical (unpaired) electrons. The molecular weight excluding hydrogens is 357 g/mol. The zero-order valence-corrected chi connectivity index (χ0v) is 13.1. The molecule has 3 aromatic rings. The molecule has 0 saturated heterocycles. The zero-order valence-electron chi connectivity index (χ0n) is 9.97. The van der Waals surface area contributed by atoms with Gasteiger partial charge in [0.1, 0.15) is 11.0 Å². The van der Waals surface area contributed by atoms with E-state index in [9.17, 15) is 4.79 Å². The van der Waals surface area contributed by atoms with E-state index in [2.05, 4.69) is 24.3 Å². The highest BCUT2D eigenvalue weighted by Crippen LogP contribution is 2.30. The Kier molecular flexibility index (Phi) is 3.90. The first kappa shape index (κ1) is 14.4. The number of amides is 1. The molecule has 0 bridgehead atoms. The molecule has 0 spiro atoms. The van der Waals surface area contributed by atoms with Crippen molar-refractivity contribution in [3.8, 4) is 0 Å². The van der Waals surface area contributed by atoms with Crippen molar-refractivity contribution in [2.45, 2.75) is 0 Å². The minimum absolute atomic E-state index is 0.0587. The van der Waals surface area contributed by atoms with E-state index < -0.39 is 5.91 Å². The Hall–Kier alpha value is -1.54. The van der Waals surface area contributed by atoms with E-state index in [0.29, 0.717) is 21.7 Å². The molecule has 0 saturated carbocycles. The summed E-state index contributed by atoms with van der Waals surface area (Å²) < 4.78 is 8.19. The molecule has 0 fully saturated rings. The third-order valence-electron chi connectivity index (χ3n) is 2.58. The molecule has 1 aromatic carbocycles. The summed E-state index contributed by atoms with van der Waals surface area (Å²) in [5, 5.41) is 10.1. The number of halogens is 3. The molecule has 0 aliphatic heterocycles. The van der Waals surface area contributed by atoms with E-state index in [4.69, 9.17) is 34.8 Å². The molecule has 0 atom stereocenters. The third kappa shape index (κ3) is 2.77. The summed E-state index contributed by atoms with van der Waals surface area (Å²) >= 11 is 18.7. The van der Waals surface area contributed by atoms with Crippen molar-refractivity contribution in [3.63, 3.8) is 0 Å². The molecule has 21 heavy (non-hydrogen) atoms. The van der Waals surface area contributed by atoms with Crippen molar-refractivity contribution in [2.75, 3.05) is 5.32 Å². The summed E-state index contributed by atoms with van der Waals surface area (Å²) in [5.41, 5.74) is 1.59. The maximum Gasteiger partial charge on any atom is 0.259 e. The highest BCUT2D eigenvalue weighted by molar-refractivity contribution is 7.00. The van der Waals surface area contributed by atoms with Crippen LogP contribution in [0.25, 0.3) is 11.0 Å². The van der Waals surface area contributed by atoms with E-state index >= 15 is 0 Å². The molecule has 3 rings (SSSR count). The van der Waals surface area contributed by atoms with Crippen molar-refractivity contribution in [1.29, 1.82) is 0 Å². The maximum absolute atomic E-state index is 12.3. The molecule has 2 aromatic heterocycles. The Labute approximate surface area is 137 Å². The number of benzene rings is 1. The fourth-order valence-electron chi connectivity index (χ4n) is 1.64. The largest absolute Gasteiger partial charge is 0.319 e. The second-order valence-electron chi connectivity index (χ2n) is 3.88. The number of carbonyl (C=O) groups is 1. The predicted molar refractivity (Wildman–Crippen MR) is 82.4 cm³/mol. The normalized spacial score (nSPS) is 10.8. The van der Waals surface area contributed by atoms with Gasteiger partial charge < -0.3 is 5.32 Å². The van der Waals surface area contributed by atoms with Gasteiger partial charge in [0.15, 0.2) is 10.3 Å². The summed E-state index contributed by atoms with van der Waals surface area (Å²) in [6, 6.07) is 4.66. The Morgan fingerprint density at radius 2 is 1.95 bits per heavy atom. The number of aromatic nitrogens is 4. The topological polar surface area (TPSA) is 80.7 Å². The van der Waals surface area contributed by atoms with Crippen LogP contribution in [0.2, 0.25) is 15.3 Å². The first-order chi connectivity index (χ1) is 10.1. The summed E-state index contributed by atoms with van der Waals surface area (Å²) in [4.78, 5) is 12.3. The van der Waals surface area contributed by atoms with Crippen molar-refractivity contribution in [2.24, 2.45) is 0 Å². The van der Waals surface area contributed by atoms with E-state index in [-0.39, 0.29) is 15.9 Å². The van der Waals surface area contributed by atoms with Gasteiger partial charge in [-0.15, -0.1) is 10.2 Å². The zero-order chi connectivity index (χ0) is 15.0. The summed E-state index contributed by atoms with van der Waals surface area (Å²) in [7, 11) is 0. The number of nitrogens with zero attached hydrogens (tertiary/aromatic N) is 4. The summed E-state index contributed by atoms with van der Waals surface area (Å²) in [6.07, 6.45) is 0. The Balaban J connectivity index is 2.02. The number of anilines is 1. The van der Waals surface area contributed by atoms with Crippen LogP contribution in [0.3, 0.4) is 0 Å². The second kappa shape index (κ2) is 5.69. The van der Waals surface area contributed by atoms with Crippen LogP contribution < -0.4 is 5.32 Å². The van der Waals surface area contributed by atoms with Gasteiger partial charge in [0, 0.05) is 0 Å². The Morgan fingerprint density at radius 1 is 1.14 bits per heavy atom. The molecule has 0 unspecified atom stereocenters. The van der Waals surface area contributed by atoms with Crippen LogP contribution >= 0.6 is 46.5 Å². The van der Waals surface area contributed by atoms with Gasteiger partial charge >= 0.3 is 0 Å². The van der Waals surface area contributed by atoms with Crippen LogP contribution in [0, 0.1) is 0 Å². The average Bonchev–Trinajstić information content (AvgIpc) is 2.93. The van der Waals surface area contributed by atoms with Crippen molar-refractivity contribution in [3.05, 3.63) is 39.1 Å². The lowest BCUT2D eigenvalue weighted by atomic mass is 10.2. The molecule has 1 N–H and O–H groups in total. The first-order valence-corrected chi connectivity index (χ1v) is 7.33. The number of hydrogen-bond acceptors (Lipinski definition) is 6. The van der Waals surface area contributed by atoms with Gasteiger partial charge in [-0.3, -0.25) is 4.79 Å². The smallest absolute Gasteiger partial charge is 0.259 e. The summed E-state index contributed by atoms with van der Waals surface area (Å²) in [5.74, 6) is -0.515. The van der Waals surface area contributed by atoms with Gasteiger partial charge in [-0.2, -0.15) is 8.75 Å². The number of nitrogens with one attached hydrogen (secondary N) is 1. The maximum atomic E-state index is 12.3. The highest BCUT2D eigenvalue weighted by atomic mass is 35.5. The lowest BCUT2D eigenvalue weighted by Gasteiger charge is -2.08. The summed E-state index contributed by atoms with van der Waals surface area (Å²) in [6.45, 7) is 0. The predicted octanol–water partition coefficient (Wildman–Crippen LogP) is 3.69. The van der Waals surface area contributed by atoms with Gasteiger partial charge in [0.05, 0.1) is 28.0 Å². The third-order valence-corrected chi connectivity index (χ3v) is 3.90. The van der Waals surface area contributed by atoms with Gasteiger partial charge in [-0.25, -0.2) is 0 Å². The molecule has 10 heteroatoms. The molecule has 6 nitrogen and oxygen atoms in total. The number of hydrogen-bond donors (Lipinski definition) is 1. The van der Waals surface area contributed by atoms with Crippen LogP contribution in [-0.4, -0.2) is 24.9 Å². The minimum Gasteiger partial charge on any atom is -0.319 e. The molecule has 106 valence electrons. The molecule has 0 aliphatic rings. The van der Waals surface area contributed by atoms with Crippen LogP contribution in [0.4, 0.5) is 5.69 Å². The van der Waals surface area contributed by atoms with E-state index in [1.54, 1.807) is 12.1 Å². The van der Waals surface area contributed by atoms with E-state index in [1.807, 2.05) is 0 Å². The van der Waals surface area contributed by atoms with E-state index in [1.165, 1.54) is 6.07 Å². The van der Waals surface area contributed by atoms with Gasteiger partial charge in [0.25, 0.3) is 5.91 Å². The number of carbonyl (C=O) groups excluding carboxylic acids is 1. The quantitative estimate of drug-likeness (QED) is 0.753. The lowest BCUT2D eigenvalue weighted by Crippen LogP contribution is -2.14. The Bertz CT molecular complexity index is 853. The van der Waals surface area contributed by atoms with Crippen LogP contribution in [0.5, 0.6) is 0 Å².